The number of carbonyl (C=O) groups is 1. The molecule has 0 saturated heterocycles. The van der Waals surface area contributed by atoms with Crippen molar-refractivity contribution in [3.05, 3.63) is 0 Å². The lowest BCUT2D eigenvalue weighted by molar-refractivity contribution is -0.148. The zero-order valence-electron chi connectivity index (χ0n) is 4.42. The molecule has 54 valence electrons. The third-order valence-electron chi connectivity index (χ3n) is 0.686. The van der Waals surface area contributed by atoms with Gasteiger partial charge in [-0.1, -0.05) is 0 Å². The van der Waals surface area contributed by atoms with E-state index in [1.807, 2.05) is 0 Å². The van der Waals surface area contributed by atoms with Crippen molar-refractivity contribution >= 4 is 5.97 Å². The summed E-state index contributed by atoms with van der Waals surface area (Å²) in [4.78, 5) is 9.65. The van der Waals surface area contributed by atoms with Crippen LogP contribution in [0, 0.1) is 0 Å². The second-order valence-electron chi connectivity index (χ2n) is 1.48. The van der Waals surface area contributed by atoms with Crippen LogP contribution >= 0.6 is 0 Å². The predicted molar refractivity (Wildman–Crippen MR) is 24.3 cm³/mol. The van der Waals surface area contributed by atoms with Crippen molar-refractivity contribution in [1.29, 1.82) is 0 Å². The van der Waals surface area contributed by atoms with E-state index < -0.39 is 24.9 Å². The van der Waals surface area contributed by atoms with Gasteiger partial charge in [0.25, 0.3) is 0 Å². The summed E-state index contributed by atoms with van der Waals surface area (Å²) in [5.74, 6) is -1.62. The van der Waals surface area contributed by atoms with E-state index in [9.17, 15) is 13.6 Å². The fraction of sp³-hybridized carbons (Fsp3) is 0.750. The molecule has 0 rings (SSSR count). The molecule has 0 bridgehead atoms. The van der Waals surface area contributed by atoms with E-state index >= 15 is 0 Å². The molecule has 0 heterocycles. The summed E-state index contributed by atoms with van der Waals surface area (Å²) in [6, 6.07) is 0. The molecule has 0 saturated carbocycles. The second kappa shape index (κ2) is 3.34. The quantitative estimate of drug-likeness (QED) is 0.584. The Morgan fingerprint density at radius 1 is 1.56 bits per heavy atom. The average molecular weight is 140 g/mol. The number of hydrogen-bond donors (Lipinski definition) is 2. The van der Waals surface area contributed by atoms with Gasteiger partial charge in [-0.2, -0.15) is 0 Å². The van der Waals surface area contributed by atoms with E-state index in [1.165, 1.54) is 0 Å². The van der Waals surface area contributed by atoms with Gasteiger partial charge in [-0.15, -0.1) is 0 Å². The van der Waals surface area contributed by atoms with Gasteiger partial charge in [0.15, 0.2) is 6.10 Å². The number of carboxylic acids is 1. The molecule has 1 atom stereocenters. The highest BCUT2D eigenvalue weighted by Crippen LogP contribution is 2.02. The fourth-order valence-electron chi connectivity index (χ4n) is 0.270. The molecule has 2 N–H and O–H groups in total. The molecule has 0 aromatic rings. The number of aliphatic carboxylic acids is 1. The molecule has 0 amide bonds. The first kappa shape index (κ1) is 8.29. The van der Waals surface area contributed by atoms with Gasteiger partial charge in [-0.3, -0.25) is 0 Å². The largest absolute Gasteiger partial charge is 0.479 e. The van der Waals surface area contributed by atoms with Crippen molar-refractivity contribution in [1.82, 2.24) is 0 Å². The minimum Gasteiger partial charge on any atom is -0.479 e. The molecule has 0 fully saturated rings. The minimum absolute atomic E-state index is 1.00. The van der Waals surface area contributed by atoms with Crippen molar-refractivity contribution in [3.8, 4) is 0 Å². The Labute approximate surface area is 49.9 Å². The van der Waals surface area contributed by atoms with Gasteiger partial charge in [-0.05, 0) is 0 Å². The van der Waals surface area contributed by atoms with Crippen LogP contribution in [0.4, 0.5) is 8.78 Å². The summed E-state index contributed by atoms with van der Waals surface area (Å²) in [6.45, 7) is 0. The average Bonchev–Trinajstić information content (AvgIpc) is 1.63. The first-order chi connectivity index (χ1) is 4.04. The zero-order valence-corrected chi connectivity index (χ0v) is 4.42. The van der Waals surface area contributed by atoms with Gasteiger partial charge >= 0.3 is 5.97 Å². The van der Waals surface area contributed by atoms with Gasteiger partial charge in [0.2, 0.25) is 6.43 Å². The topological polar surface area (TPSA) is 57.5 Å². The Morgan fingerprint density at radius 2 is 2.00 bits per heavy atom. The number of rotatable bonds is 3. The Balaban J connectivity index is 3.50. The summed E-state index contributed by atoms with van der Waals surface area (Å²) >= 11 is 0. The Kier molecular flexibility index (Phi) is 3.08. The molecule has 0 radical (unpaired) electrons. The Bertz CT molecular complexity index is 104. The van der Waals surface area contributed by atoms with Crippen LogP contribution in [0.5, 0.6) is 0 Å². The lowest BCUT2D eigenvalue weighted by Crippen LogP contribution is -2.21. The Hall–Kier alpha value is -0.710. The highest BCUT2D eigenvalue weighted by Gasteiger charge is 2.18. The SMILES string of the molecule is O=C(O)[C@@H](O)CC(F)F. The third-order valence-corrected chi connectivity index (χ3v) is 0.686. The standard InChI is InChI=1S/C4H6F2O3/c5-3(6)1-2(7)4(8)9/h2-3,7H,1H2,(H,8,9)/t2-/m0/s1. The first-order valence-electron chi connectivity index (χ1n) is 2.23. The molecule has 0 aromatic heterocycles. The van der Waals surface area contributed by atoms with E-state index in [-0.39, 0.29) is 0 Å². The molecule has 0 spiro atoms. The number of alkyl halides is 2. The molecule has 3 nitrogen and oxygen atoms in total. The van der Waals surface area contributed by atoms with Crippen LogP contribution in [0.25, 0.3) is 0 Å². The van der Waals surface area contributed by atoms with Crippen LogP contribution in [-0.4, -0.2) is 28.7 Å². The molecule has 0 aliphatic rings. The van der Waals surface area contributed by atoms with Crippen LogP contribution < -0.4 is 0 Å². The highest BCUT2D eigenvalue weighted by molar-refractivity contribution is 5.71. The van der Waals surface area contributed by atoms with E-state index in [2.05, 4.69) is 0 Å². The maximum absolute atomic E-state index is 11.2. The number of carboxylic acid groups (broad SMARTS) is 1. The van der Waals surface area contributed by atoms with Crippen molar-refractivity contribution in [2.24, 2.45) is 0 Å². The summed E-state index contributed by atoms with van der Waals surface area (Å²) in [7, 11) is 0. The van der Waals surface area contributed by atoms with Crippen LogP contribution in [-0.2, 0) is 4.79 Å². The number of aliphatic hydroxyl groups is 1. The molecule has 5 heteroatoms. The summed E-state index contributed by atoms with van der Waals surface area (Å²) in [6.07, 6.45) is -5.71. The molecule has 0 unspecified atom stereocenters. The van der Waals surface area contributed by atoms with Gasteiger partial charge in [0.05, 0.1) is 0 Å². The molecular weight excluding hydrogens is 134 g/mol. The maximum atomic E-state index is 11.2. The van der Waals surface area contributed by atoms with Gasteiger partial charge < -0.3 is 10.2 Å². The summed E-state index contributed by atoms with van der Waals surface area (Å²) in [5.41, 5.74) is 0. The lowest BCUT2D eigenvalue weighted by atomic mass is 10.3. The van der Waals surface area contributed by atoms with Gasteiger partial charge in [0.1, 0.15) is 0 Å². The van der Waals surface area contributed by atoms with Crippen molar-refractivity contribution < 1.29 is 23.8 Å². The number of aliphatic hydroxyl groups excluding tert-OH is 1. The third kappa shape index (κ3) is 3.84. The van der Waals surface area contributed by atoms with E-state index in [0.717, 1.165) is 0 Å². The van der Waals surface area contributed by atoms with Crippen molar-refractivity contribution in [2.75, 3.05) is 0 Å². The fourth-order valence-corrected chi connectivity index (χ4v) is 0.270. The number of hydrogen-bond acceptors (Lipinski definition) is 2. The highest BCUT2D eigenvalue weighted by atomic mass is 19.3. The van der Waals surface area contributed by atoms with Crippen LogP contribution in [0.3, 0.4) is 0 Å². The van der Waals surface area contributed by atoms with Crippen molar-refractivity contribution in [3.63, 3.8) is 0 Å². The first-order valence-corrected chi connectivity index (χ1v) is 2.23. The predicted octanol–water partition coefficient (Wildman–Crippen LogP) is 0.0871. The molecule has 0 aliphatic carbocycles. The monoisotopic (exact) mass is 140 g/mol. The zero-order chi connectivity index (χ0) is 7.44. The Morgan fingerprint density at radius 3 is 2.11 bits per heavy atom. The van der Waals surface area contributed by atoms with Gasteiger partial charge in [0, 0.05) is 6.42 Å². The normalized spacial score (nSPS) is 13.8. The number of halogens is 2. The molecule has 0 aromatic carbocycles. The smallest absolute Gasteiger partial charge is 0.332 e. The van der Waals surface area contributed by atoms with Crippen LogP contribution in [0.1, 0.15) is 6.42 Å². The van der Waals surface area contributed by atoms with E-state index in [0.29, 0.717) is 0 Å². The maximum Gasteiger partial charge on any atom is 0.332 e. The van der Waals surface area contributed by atoms with Crippen LogP contribution in [0.2, 0.25) is 0 Å². The van der Waals surface area contributed by atoms with Crippen molar-refractivity contribution in [2.45, 2.75) is 19.0 Å². The lowest BCUT2D eigenvalue weighted by Gasteiger charge is -2.01. The molecule has 9 heavy (non-hydrogen) atoms. The minimum atomic E-state index is -2.77. The molecule has 0 aliphatic heterocycles. The molecular formula is C4H6F2O3. The van der Waals surface area contributed by atoms with E-state index in [1.54, 1.807) is 0 Å². The van der Waals surface area contributed by atoms with Crippen LogP contribution in [0.15, 0.2) is 0 Å². The summed E-state index contributed by atoms with van der Waals surface area (Å²) in [5, 5.41) is 16.1. The van der Waals surface area contributed by atoms with E-state index in [4.69, 9.17) is 10.2 Å². The summed E-state index contributed by atoms with van der Waals surface area (Å²) < 4.78 is 22.4. The second-order valence-corrected chi connectivity index (χ2v) is 1.48. The van der Waals surface area contributed by atoms with Gasteiger partial charge in [-0.25, -0.2) is 13.6 Å².